The number of aromatic nitrogens is 2. The fourth-order valence-corrected chi connectivity index (χ4v) is 2.29. The van der Waals surface area contributed by atoms with E-state index in [1.807, 2.05) is 13.0 Å². The molecule has 2 heterocycles. The third-order valence-electron chi connectivity index (χ3n) is 3.19. The fraction of sp³-hybridized carbons (Fsp3) is 0.333. The Labute approximate surface area is 139 Å². The number of nitrogens with zero attached hydrogens (tertiary/aromatic N) is 4. The summed E-state index contributed by atoms with van der Waals surface area (Å²) >= 11 is 5.77. The molecule has 0 N–H and O–H groups in total. The summed E-state index contributed by atoms with van der Waals surface area (Å²) in [6.45, 7) is 4.35. The van der Waals surface area contributed by atoms with Gasteiger partial charge < -0.3 is 9.64 Å². The maximum Gasteiger partial charge on any atom is 0.314 e. The van der Waals surface area contributed by atoms with Gasteiger partial charge in [0.25, 0.3) is 0 Å². The van der Waals surface area contributed by atoms with Gasteiger partial charge in [-0.1, -0.05) is 17.7 Å². The van der Waals surface area contributed by atoms with E-state index in [2.05, 4.69) is 9.97 Å². The molecule has 0 amide bonds. The molecule has 0 radical (unpaired) electrons. The topological polar surface area (TPSA) is 81.4 Å². The van der Waals surface area contributed by atoms with Crippen molar-refractivity contribution >= 4 is 23.1 Å². The number of rotatable bonds is 6. The second-order valence-corrected chi connectivity index (χ2v) is 5.37. The molecule has 0 fully saturated rings. The van der Waals surface area contributed by atoms with E-state index in [1.165, 1.54) is 0 Å². The van der Waals surface area contributed by atoms with Crippen molar-refractivity contribution in [2.75, 3.05) is 18.6 Å². The molecule has 0 saturated carbocycles. The summed E-state index contributed by atoms with van der Waals surface area (Å²) in [7, 11) is 1.74. The first-order chi connectivity index (χ1) is 10.9. The molecule has 23 heavy (non-hydrogen) atoms. The molecule has 0 bridgehead atoms. The van der Waals surface area contributed by atoms with E-state index in [1.54, 1.807) is 37.2 Å². The smallest absolute Gasteiger partial charge is 0.314 e. The number of ether oxygens (including phenoxy) is 1. The zero-order valence-corrected chi connectivity index (χ0v) is 13.9. The first-order valence-electron chi connectivity index (χ1n) is 7.02. The van der Waals surface area contributed by atoms with Crippen LogP contribution in [0.3, 0.4) is 0 Å². The minimum Gasteiger partial charge on any atom is -0.478 e. The van der Waals surface area contributed by atoms with Gasteiger partial charge in [0.05, 0.1) is 11.5 Å². The molecule has 122 valence electrons. The minimum atomic E-state index is -0.427. The number of nitro groups is 1. The first-order valence-corrected chi connectivity index (χ1v) is 7.40. The van der Waals surface area contributed by atoms with Crippen molar-refractivity contribution in [3.63, 3.8) is 0 Å². The lowest BCUT2D eigenvalue weighted by Gasteiger charge is -2.19. The van der Waals surface area contributed by atoms with Crippen molar-refractivity contribution in [2.24, 2.45) is 0 Å². The number of hydrogen-bond donors (Lipinski definition) is 0. The summed E-state index contributed by atoms with van der Waals surface area (Å²) in [5, 5.41) is 11.8. The Balaban J connectivity index is 2.38. The molecule has 0 atom stereocenters. The van der Waals surface area contributed by atoms with Gasteiger partial charge in [-0.25, -0.2) is 4.98 Å². The Morgan fingerprint density at radius 1 is 1.43 bits per heavy atom. The van der Waals surface area contributed by atoms with Gasteiger partial charge in [0.1, 0.15) is 5.15 Å². The highest BCUT2D eigenvalue weighted by Crippen LogP contribution is 2.32. The van der Waals surface area contributed by atoms with Crippen LogP contribution in [0.5, 0.6) is 5.88 Å². The van der Waals surface area contributed by atoms with Gasteiger partial charge in [0, 0.05) is 31.4 Å². The van der Waals surface area contributed by atoms with Gasteiger partial charge in [-0.15, -0.1) is 0 Å². The summed E-state index contributed by atoms with van der Waals surface area (Å²) in [6, 6.07) is 5.06. The average Bonchev–Trinajstić information content (AvgIpc) is 2.48. The highest BCUT2D eigenvalue weighted by atomic mass is 35.5. The molecule has 0 aliphatic rings. The molecule has 0 spiro atoms. The van der Waals surface area contributed by atoms with Crippen LogP contribution in [0.2, 0.25) is 5.15 Å². The summed E-state index contributed by atoms with van der Waals surface area (Å²) in [5.41, 5.74) is 1.34. The van der Waals surface area contributed by atoms with Crippen molar-refractivity contribution in [2.45, 2.75) is 20.4 Å². The lowest BCUT2D eigenvalue weighted by atomic mass is 10.2. The minimum absolute atomic E-state index is 0.0297. The van der Waals surface area contributed by atoms with Crippen molar-refractivity contribution in [1.29, 1.82) is 0 Å². The highest BCUT2D eigenvalue weighted by molar-refractivity contribution is 6.29. The quantitative estimate of drug-likeness (QED) is 0.457. The second kappa shape index (κ2) is 7.23. The van der Waals surface area contributed by atoms with Gasteiger partial charge in [0.2, 0.25) is 11.7 Å². The monoisotopic (exact) mass is 336 g/mol. The van der Waals surface area contributed by atoms with Crippen LogP contribution in [0.15, 0.2) is 24.4 Å². The number of pyridine rings is 2. The van der Waals surface area contributed by atoms with E-state index < -0.39 is 4.92 Å². The molecule has 2 rings (SSSR count). The van der Waals surface area contributed by atoms with Crippen LogP contribution in [0.1, 0.15) is 18.1 Å². The van der Waals surface area contributed by atoms with Crippen LogP contribution < -0.4 is 9.64 Å². The first kappa shape index (κ1) is 17.0. The Kier molecular flexibility index (Phi) is 5.33. The Morgan fingerprint density at radius 2 is 2.17 bits per heavy atom. The van der Waals surface area contributed by atoms with Gasteiger partial charge >= 0.3 is 5.69 Å². The zero-order valence-electron chi connectivity index (χ0n) is 13.1. The average molecular weight is 337 g/mol. The Morgan fingerprint density at radius 3 is 2.74 bits per heavy atom. The summed E-state index contributed by atoms with van der Waals surface area (Å²) < 4.78 is 5.39. The molecule has 2 aromatic heterocycles. The SMILES string of the molecule is CCOc1cc(C)c([N+](=O)[O-])c(N(C)Cc2ccc(Cl)nc2)n1. The molecule has 7 nitrogen and oxygen atoms in total. The number of halogens is 1. The maximum atomic E-state index is 11.4. The molecule has 0 saturated heterocycles. The standard InChI is InChI=1S/C15H17ClN4O3/c1-4-23-13-7-10(2)14(20(21)22)15(18-13)19(3)9-11-5-6-12(16)17-8-11/h5-8H,4,9H2,1-3H3. The molecule has 8 heteroatoms. The number of aryl methyl sites for hydroxylation is 1. The number of hydrogen-bond acceptors (Lipinski definition) is 6. The molecule has 2 aromatic rings. The van der Waals surface area contributed by atoms with Crippen molar-refractivity contribution in [1.82, 2.24) is 9.97 Å². The van der Waals surface area contributed by atoms with Crippen LogP contribution in [0.4, 0.5) is 11.5 Å². The second-order valence-electron chi connectivity index (χ2n) is 4.98. The third-order valence-corrected chi connectivity index (χ3v) is 3.41. The van der Waals surface area contributed by atoms with Crippen molar-refractivity contribution in [3.8, 4) is 5.88 Å². The molecular formula is C15H17ClN4O3. The van der Waals surface area contributed by atoms with E-state index in [0.29, 0.717) is 29.7 Å². The summed E-state index contributed by atoms with van der Waals surface area (Å²) in [4.78, 5) is 20.9. The van der Waals surface area contributed by atoms with E-state index in [4.69, 9.17) is 16.3 Å². The lowest BCUT2D eigenvalue weighted by Crippen LogP contribution is -2.20. The predicted molar refractivity (Wildman–Crippen MR) is 88.2 cm³/mol. The van der Waals surface area contributed by atoms with E-state index >= 15 is 0 Å². The van der Waals surface area contributed by atoms with Crippen LogP contribution >= 0.6 is 11.6 Å². The van der Waals surface area contributed by atoms with Crippen LogP contribution in [0, 0.1) is 17.0 Å². The van der Waals surface area contributed by atoms with Gasteiger partial charge in [-0.3, -0.25) is 10.1 Å². The van der Waals surface area contributed by atoms with E-state index in [0.717, 1.165) is 5.56 Å². The Hall–Kier alpha value is -2.41. The van der Waals surface area contributed by atoms with Crippen molar-refractivity contribution in [3.05, 3.63) is 50.8 Å². The zero-order chi connectivity index (χ0) is 17.0. The highest BCUT2D eigenvalue weighted by Gasteiger charge is 2.24. The van der Waals surface area contributed by atoms with Gasteiger partial charge in [-0.2, -0.15) is 4.98 Å². The van der Waals surface area contributed by atoms with Gasteiger partial charge in [-0.05, 0) is 25.5 Å². The fourth-order valence-electron chi connectivity index (χ4n) is 2.18. The van der Waals surface area contributed by atoms with Crippen LogP contribution in [-0.4, -0.2) is 28.5 Å². The summed E-state index contributed by atoms with van der Waals surface area (Å²) in [5.74, 6) is 0.625. The third kappa shape index (κ3) is 4.07. The Bertz CT molecular complexity index is 707. The normalized spacial score (nSPS) is 10.4. The van der Waals surface area contributed by atoms with Crippen LogP contribution in [0.25, 0.3) is 0 Å². The maximum absolute atomic E-state index is 11.4. The van der Waals surface area contributed by atoms with E-state index in [-0.39, 0.29) is 11.5 Å². The number of anilines is 1. The molecule has 0 aromatic carbocycles. The van der Waals surface area contributed by atoms with E-state index in [9.17, 15) is 10.1 Å². The molecule has 0 unspecified atom stereocenters. The molecule has 0 aliphatic heterocycles. The van der Waals surface area contributed by atoms with Gasteiger partial charge in [0.15, 0.2) is 0 Å². The molecule has 0 aliphatic carbocycles. The molecular weight excluding hydrogens is 320 g/mol. The summed E-state index contributed by atoms with van der Waals surface area (Å²) in [6.07, 6.45) is 1.63. The van der Waals surface area contributed by atoms with Crippen molar-refractivity contribution < 1.29 is 9.66 Å². The largest absolute Gasteiger partial charge is 0.478 e. The van der Waals surface area contributed by atoms with Crippen LogP contribution in [-0.2, 0) is 6.54 Å². The lowest BCUT2D eigenvalue weighted by molar-refractivity contribution is -0.384. The predicted octanol–water partition coefficient (Wildman–Crippen LogP) is 3.38.